The van der Waals surface area contributed by atoms with E-state index in [9.17, 15) is 24.3 Å². The van der Waals surface area contributed by atoms with E-state index in [0.717, 1.165) is 11.1 Å². The summed E-state index contributed by atoms with van der Waals surface area (Å²) in [4.78, 5) is 60.1. The SMILES string of the molecule is NC(=NCCC[C@H](NC(=O)[C@]1(C(=O)Cc2sc(N)nc2-c2ccccc2)CCCN1)C(=O)O)NC(=O)OCc1ccccc1. The van der Waals surface area contributed by atoms with E-state index in [0.29, 0.717) is 28.7 Å². The summed E-state index contributed by atoms with van der Waals surface area (Å²) in [6.45, 7) is 0.579. The lowest BCUT2D eigenvalue weighted by Gasteiger charge is -2.28. The highest BCUT2D eigenvalue weighted by molar-refractivity contribution is 7.16. The maximum Gasteiger partial charge on any atom is 0.414 e. The van der Waals surface area contributed by atoms with Crippen molar-refractivity contribution in [3.8, 4) is 11.3 Å². The van der Waals surface area contributed by atoms with Crippen molar-refractivity contribution in [1.82, 2.24) is 20.9 Å². The van der Waals surface area contributed by atoms with Crippen LogP contribution in [0.4, 0.5) is 9.93 Å². The lowest BCUT2D eigenvalue weighted by atomic mass is 9.87. The molecular formula is C30H35N7O6S. The van der Waals surface area contributed by atoms with E-state index in [1.165, 1.54) is 11.3 Å². The maximum absolute atomic E-state index is 13.7. The summed E-state index contributed by atoms with van der Waals surface area (Å²) >= 11 is 1.18. The highest BCUT2D eigenvalue weighted by Crippen LogP contribution is 2.32. The van der Waals surface area contributed by atoms with Gasteiger partial charge >= 0.3 is 12.1 Å². The highest BCUT2D eigenvalue weighted by Gasteiger charge is 2.48. The van der Waals surface area contributed by atoms with Crippen molar-refractivity contribution in [2.24, 2.45) is 10.7 Å². The molecule has 13 nitrogen and oxygen atoms in total. The number of hydrogen-bond acceptors (Lipinski definition) is 10. The van der Waals surface area contributed by atoms with Gasteiger partial charge in [0.1, 0.15) is 12.6 Å². The van der Waals surface area contributed by atoms with Gasteiger partial charge < -0.3 is 26.6 Å². The van der Waals surface area contributed by atoms with Gasteiger partial charge in [-0.3, -0.25) is 25.2 Å². The van der Waals surface area contributed by atoms with Crippen LogP contribution in [-0.2, 0) is 32.1 Å². The quantitative estimate of drug-likeness (QED) is 0.0709. The Morgan fingerprint density at radius 1 is 1.11 bits per heavy atom. The van der Waals surface area contributed by atoms with Crippen LogP contribution >= 0.6 is 11.3 Å². The summed E-state index contributed by atoms with van der Waals surface area (Å²) < 4.78 is 5.08. The number of hydrogen-bond donors (Lipinski definition) is 6. The second-order valence-electron chi connectivity index (χ2n) is 10.2. The molecule has 3 aromatic rings. The lowest BCUT2D eigenvalue weighted by molar-refractivity contribution is -0.145. The average Bonchev–Trinajstić information content (AvgIpc) is 3.66. The minimum Gasteiger partial charge on any atom is -0.480 e. The van der Waals surface area contributed by atoms with E-state index in [1.54, 1.807) is 0 Å². The summed E-state index contributed by atoms with van der Waals surface area (Å²) in [5, 5.41) is 18.0. The average molecular weight is 622 g/mol. The fourth-order valence-corrected chi connectivity index (χ4v) is 5.70. The second kappa shape index (κ2) is 15.1. The number of guanidine groups is 1. The fraction of sp³-hybridized carbons (Fsp3) is 0.333. The molecule has 0 bridgehead atoms. The minimum absolute atomic E-state index is 0.0180. The van der Waals surface area contributed by atoms with E-state index in [-0.39, 0.29) is 50.6 Å². The number of carbonyl (C=O) groups is 4. The molecule has 1 aliphatic rings. The number of nitrogen functional groups attached to an aromatic ring is 1. The molecule has 4 rings (SSSR count). The number of rotatable bonds is 13. The highest BCUT2D eigenvalue weighted by atomic mass is 32.1. The Morgan fingerprint density at radius 3 is 2.48 bits per heavy atom. The zero-order chi connectivity index (χ0) is 31.5. The molecule has 232 valence electrons. The van der Waals surface area contributed by atoms with Crippen molar-refractivity contribution in [3.05, 3.63) is 71.1 Å². The lowest BCUT2D eigenvalue weighted by Crippen LogP contribution is -2.61. The van der Waals surface area contributed by atoms with Crippen molar-refractivity contribution >= 4 is 46.2 Å². The van der Waals surface area contributed by atoms with E-state index in [4.69, 9.17) is 16.2 Å². The van der Waals surface area contributed by atoms with E-state index < -0.39 is 29.6 Å². The van der Waals surface area contributed by atoms with Gasteiger partial charge in [0.2, 0.25) is 5.91 Å². The van der Waals surface area contributed by atoms with Gasteiger partial charge in [0.05, 0.1) is 5.69 Å². The molecule has 1 aromatic heterocycles. The first kappa shape index (κ1) is 32.1. The Balaban J connectivity index is 1.32. The number of thiazole rings is 1. The Kier molecular flexibility index (Phi) is 11.0. The first-order chi connectivity index (χ1) is 21.2. The summed E-state index contributed by atoms with van der Waals surface area (Å²) in [5.41, 5.74) is 12.3. The van der Waals surface area contributed by atoms with Gasteiger partial charge in [-0.1, -0.05) is 60.7 Å². The number of aliphatic carboxylic acids is 1. The van der Waals surface area contributed by atoms with Crippen LogP contribution in [0.15, 0.2) is 65.7 Å². The van der Waals surface area contributed by atoms with Crippen molar-refractivity contribution in [1.29, 1.82) is 0 Å². The molecule has 0 saturated carbocycles. The third kappa shape index (κ3) is 8.39. The number of nitrogens with one attached hydrogen (secondary N) is 3. The molecule has 14 heteroatoms. The molecule has 44 heavy (non-hydrogen) atoms. The molecule has 1 fully saturated rings. The van der Waals surface area contributed by atoms with E-state index in [1.807, 2.05) is 60.7 Å². The number of ketones is 1. The zero-order valence-corrected chi connectivity index (χ0v) is 24.8. The van der Waals surface area contributed by atoms with Crippen LogP contribution in [0.1, 0.15) is 36.1 Å². The number of Topliss-reactive ketones (excluding diaryl/α,β-unsaturated/α-hetero) is 1. The molecule has 0 unspecified atom stereocenters. The molecule has 2 amide bonds. The topological polar surface area (TPSA) is 211 Å². The number of carboxylic acid groups (broad SMARTS) is 1. The van der Waals surface area contributed by atoms with Gasteiger partial charge in [0.25, 0.3) is 0 Å². The van der Waals surface area contributed by atoms with Gasteiger partial charge in [0, 0.05) is 23.4 Å². The molecule has 2 aromatic carbocycles. The third-order valence-electron chi connectivity index (χ3n) is 7.08. The molecular weight excluding hydrogens is 586 g/mol. The molecule has 2 atom stereocenters. The summed E-state index contributed by atoms with van der Waals surface area (Å²) in [5.74, 6) is -2.52. The zero-order valence-electron chi connectivity index (χ0n) is 24.0. The van der Waals surface area contributed by atoms with Crippen molar-refractivity contribution in [3.63, 3.8) is 0 Å². The van der Waals surface area contributed by atoms with Gasteiger partial charge in [-0.15, -0.1) is 11.3 Å². The van der Waals surface area contributed by atoms with E-state index >= 15 is 0 Å². The Bertz CT molecular complexity index is 1490. The number of aliphatic imine (C=N–C) groups is 1. The van der Waals surface area contributed by atoms with Crippen LogP contribution in [0.25, 0.3) is 11.3 Å². The predicted octanol–water partition coefficient (Wildman–Crippen LogP) is 2.22. The summed E-state index contributed by atoms with van der Waals surface area (Å²) in [6.07, 6.45) is 0.180. The fourth-order valence-electron chi connectivity index (χ4n) is 4.85. The van der Waals surface area contributed by atoms with Crippen LogP contribution in [0.5, 0.6) is 0 Å². The van der Waals surface area contributed by atoms with Gasteiger partial charge in [-0.25, -0.2) is 14.6 Å². The molecule has 2 heterocycles. The van der Waals surface area contributed by atoms with Crippen molar-refractivity contribution < 1.29 is 29.0 Å². The van der Waals surface area contributed by atoms with Crippen molar-refractivity contribution in [2.75, 3.05) is 18.8 Å². The minimum atomic E-state index is -1.58. The van der Waals surface area contributed by atoms with Gasteiger partial charge in [0.15, 0.2) is 22.4 Å². The monoisotopic (exact) mass is 621 g/mol. The second-order valence-corrected chi connectivity index (χ2v) is 11.3. The maximum atomic E-state index is 13.7. The van der Waals surface area contributed by atoms with E-state index in [2.05, 4.69) is 25.9 Å². The van der Waals surface area contributed by atoms with Crippen LogP contribution in [0, 0.1) is 0 Å². The van der Waals surface area contributed by atoms with Gasteiger partial charge in [-0.05, 0) is 37.8 Å². The number of alkyl carbamates (subject to hydrolysis) is 1. The summed E-state index contributed by atoms with van der Waals surface area (Å²) in [7, 11) is 0. The molecule has 0 spiro atoms. The largest absolute Gasteiger partial charge is 0.480 e. The first-order valence-corrected chi connectivity index (χ1v) is 14.9. The molecule has 0 aliphatic carbocycles. The first-order valence-electron chi connectivity index (χ1n) is 14.1. The number of anilines is 1. The predicted molar refractivity (Wildman–Crippen MR) is 166 cm³/mol. The van der Waals surface area contributed by atoms with Gasteiger partial charge in [-0.2, -0.15) is 0 Å². The standard InChI is InChI=1S/C30H35N7O6S/c31-27(37-29(42)43-18-19-9-3-1-4-10-19)33-15-7-13-21(25(39)40)35-26(41)30(14-8-16-34-30)23(38)17-22-24(36-28(32)44-22)20-11-5-2-6-12-20/h1-6,9-12,21,34H,7-8,13-18H2,(H2,32,36)(H,35,41)(H,39,40)(H3,31,33,37,42)/t21-,30+/m0/s1. The Hall–Kier alpha value is -4.82. The van der Waals surface area contributed by atoms with Crippen LogP contribution in [0.2, 0.25) is 0 Å². The van der Waals surface area contributed by atoms with Crippen LogP contribution in [-0.4, -0.2) is 64.5 Å². The number of carboxylic acids is 1. The van der Waals surface area contributed by atoms with Crippen LogP contribution < -0.4 is 27.4 Å². The number of nitrogens with two attached hydrogens (primary N) is 2. The smallest absolute Gasteiger partial charge is 0.414 e. The number of aromatic nitrogens is 1. The summed E-state index contributed by atoms with van der Waals surface area (Å²) in [6, 6.07) is 17.1. The number of amides is 2. The normalized spacial score (nSPS) is 17.0. The molecule has 8 N–H and O–H groups in total. The number of carbonyl (C=O) groups excluding carboxylic acids is 3. The Labute approximate surface area is 258 Å². The number of ether oxygens (including phenoxy) is 1. The number of nitrogens with zero attached hydrogens (tertiary/aromatic N) is 2. The molecule has 1 aliphatic heterocycles. The Morgan fingerprint density at radius 2 is 1.82 bits per heavy atom. The van der Waals surface area contributed by atoms with Crippen molar-refractivity contribution in [2.45, 2.75) is 50.3 Å². The molecule has 0 radical (unpaired) electrons. The molecule has 1 saturated heterocycles. The van der Waals surface area contributed by atoms with Crippen LogP contribution in [0.3, 0.4) is 0 Å². The number of benzene rings is 2. The third-order valence-corrected chi connectivity index (χ3v) is 7.97.